The van der Waals surface area contributed by atoms with Crippen molar-refractivity contribution in [2.45, 2.75) is 26.7 Å². The van der Waals surface area contributed by atoms with Gasteiger partial charge in [-0.05, 0) is 54.3 Å². The number of hydrogen-bond donors (Lipinski definition) is 1. The Morgan fingerprint density at radius 3 is 2.46 bits per heavy atom. The molecule has 0 bridgehead atoms. The highest BCUT2D eigenvalue weighted by molar-refractivity contribution is 7.07. The van der Waals surface area contributed by atoms with Gasteiger partial charge in [-0.3, -0.25) is 9.51 Å². The highest BCUT2D eigenvalue weighted by atomic mass is 32.1. The second-order valence-electron chi connectivity index (χ2n) is 8.51. The summed E-state index contributed by atoms with van der Waals surface area (Å²) in [5, 5.41) is 10.9. The Kier molecular flexibility index (Phi) is 8.37. The van der Waals surface area contributed by atoms with Gasteiger partial charge in [0.05, 0.1) is 17.6 Å². The van der Waals surface area contributed by atoms with E-state index in [1.54, 1.807) is 29.7 Å². The minimum Gasteiger partial charge on any atom is -0.383 e. The molecule has 4 aromatic rings. The van der Waals surface area contributed by atoms with Gasteiger partial charge in [-0.1, -0.05) is 56.3 Å². The van der Waals surface area contributed by atoms with Crippen molar-refractivity contribution in [3.8, 4) is 11.4 Å². The number of aryl methyl sites for hydroxylation is 1. The van der Waals surface area contributed by atoms with E-state index in [-0.39, 0.29) is 5.75 Å². The SMILES string of the molecule is Cc1cs/c(=N\N=C\c2ccc(C(N)=NC=Nc3ccc(OF)cc3)cc2)n1-c1ccccc1C(C)C. The molecule has 0 unspecified atom stereocenters. The van der Waals surface area contributed by atoms with Crippen molar-refractivity contribution < 1.29 is 9.47 Å². The first kappa shape index (κ1) is 25.7. The zero-order chi connectivity index (χ0) is 26.2. The first-order chi connectivity index (χ1) is 18.0. The molecule has 7 nitrogen and oxygen atoms in total. The van der Waals surface area contributed by atoms with Crippen LogP contribution in [0.1, 0.15) is 42.1 Å². The second-order valence-corrected chi connectivity index (χ2v) is 9.34. The molecule has 188 valence electrons. The highest BCUT2D eigenvalue weighted by Gasteiger charge is 2.11. The molecular weight excluding hydrogens is 487 g/mol. The maximum atomic E-state index is 12.1. The Balaban J connectivity index is 1.48. The van der Waals surface area contributed by atoms with E-state index in [4.69, 9.17) is 5.73 Å². The lowest BCUT2D eigenvalue weighted by atomic mass is 10.0. The molecule has 0 spiro atoms. The predicted molar refractivity (Wildman–Crippen MR) is 149 cm³/mol. The van der Waals surface area contributed by atoms with Crippen molar-refractivity contribution in [3.63, 3.8) is 0 Å². The van der Waals surface area contributed by atoms with E-state index in [1.807, 2.05) is 30.3 Å². The van der Waals surface area contributed by atoms with Gasteiger partial charge in [-0.25, -0.2) is 9.98 Å². The number of nitrogens with zero attached hydrogens (tertiary/aromatic N) is 5. The summed E-state index contributed by atoms with van der Waals surface area (Å²) in [7, 11) is 0. The number of nitrogens with two attached hydrogens (primary N) is 1. The number of benzene rings is 3. The quantitative estimate of drug-likeness (QED) is 0.171. The lowest BCUT2D eigenvalue weighted by Gasteiger charge is -2.14. The van der Waals surface area contributed by atoms with Crippen LogP contribution in [0, 0.1) is 6.92 Å². The molecule has 0 atom stereocenters. The average molecular weight is 515 g/mol. The topological polar surface area (TPSA) is 89.6 Å². The number of aromatic nitrogens is 1. The van der Waals surface area contributed by atoms with Crippen LogP contribution in [-0.2, 0) is 0 Å². The van der Waals surface area contributed by atoms with Crippen LogP contribution < -0.4 is 15.5 Å². The minimum absolute atomic E-state index is 0.111. The second kappa shape index (κ2) is 12.0. The third kappa shape index (κ3) is 6.45. The molecule has 0 saturated carbocycles. The predicted octanol–water partition coefficient (Wildman–Crippen LogP) is 6.23. The summed E-state index contributed by atoms with van der Waals surface area (Å²) in [6.45, 7) is 6.45. The van der Waals surface area contributed by atoms with Gasteiger partial charge in [0.25, 0.3) is 0 Å². The van der Waals surface area contributed by atoms with Gasteiger partial charge in [0.15, 0.2) is 5.75 Å². The van der Waals surface area contributed by atoms with Crippen molar-refractivity contribution in [2.75, 3.05) is 0 Å². The van der Waals surface area contributed by atoms with Crippen LogP contribution >= 0.6 is 11.3 Å². The zero-order valence-electron chi connectivity index (χ0n) is 20.7. The molecule has 1 heterocycles. The van der Waals surface area contributed by atoms with Gasteiger partial charge in [-0.15, -0.1) is 16.4 Å². The number of hydrogen-bond acceptors (Lipinski definition) is 5. The first-order valence-corrected chi connectivity index (χ1v) is 12.5. The molecule has 0 saturated heterocycles. The molecule has 0 fully saturated rings. The van der Waals surface area contributed by atoms with Crippen molar-refractivity contribution in [3.05, 3.63) is 105 Å². The number of para-hydroxylation sites is 1. The summed E-state index contributed by atoms with van der Waals surface area (Å²) in [5.74, 6) is 0.822. The molecule has 0 aliphatic carbocycles. The van der Waals surface area contributed by atoms with Gasteiger partial charge in [0.2, 0.25) is 4.80 Å². The first-order valence-electron chi connectivity index (χ1n) is 11.6. The summed E-state index contributed by atoms with van der Waals surface area (Å²) >= 11 is 1.56. The molecule has 0 radical (unpaired) electrons. The Labute approximate surface area is 218 Å². The number of thiazole rings is 1. The highest BCUT2D eigenvalue weighted by Crippen LogP contribution is 2.23. The molecule has 37 heavy (non-hydrogen) atoms. The third-order valence-electron chi connectivity index (χ3n) is 5.56. The standard InChI is InChI=1S/C28H27FN6OS/c1-19(2)25-6-4-5-7-26(25)35-20(3)17-37-28(35)34-33-16-21-8-10-22(11-9-21)27(30)32-18-31-23-12-14-24(36-29)15-13-23/h4-19H,1-3H3,(H2,30,31,32)/b33-16+,34-28-. The third-order valence-corrected chi connectivity index (χ3v) is 6.50. The van der Waals surface area contributed by atoms with Gasteiger partial charge in [0.1, 0.15) is 12.2 Å². The lowest BCUT2D eigenvalue weighted by molar-refractivity contribution is -0.00618. The molecule has 0 aliphatic heterocycles. The summed E-state index contributed by atoms with van der Waals surface area (Å²) in [6.07, 6.45) is 3.06. The molecule has 0 amide bonds. The summed E-state index contributed by atoms with van der Waals surface area (Å²) in [5.41, 5.74) is 11.8. The largest absolute Gasteiger partial charge is 0.383 e. The fourth-order valence-corrected chi connectivity index (χ4v) is 4.46. The van der Waals surface area contributed by atoms with E-state index < -0.39 is 0 Å². The lowest BCUT2D eigenvalue weighted by Crippen LogP contribution is -2.16. The Hall–Kier alpha value is -4.37. The Morgan fingerprint density at radius 1 is 1.03 bits per heavy atom. The van der Waals surface area contributed by atoms with Crippen LogP contribution in [0.5, 0.6) is 5.75 Å². The van der Waals surface area contributed by atoms with Gasteiger partial charge in [0, 0.05) is 21.2 Å². The summed E-state index contributed by atoms with van der Waals surface area (Å²) < 4.78 is 14.2. The van der Waals surface area contributed by atoms with Crippen LogP contribution in [0.4, 0.5) is 10.2 Å². The number of halogens is 1. The Morgan fingerprint density at radius 2 is 1.76 bits per heavy atom. The molecule has 9 heteroatoms. The summed E-state index contributed by atoms with van der Waals surface area (Å²) in [6, 6.07) is 22.0. The maximum Gasteiger partial charge on any atom is 0.215 e. The van der Waals surface area contributed by atoms with Gasteiger partial charge >= 0.3 is 0 Å². The van der Waals surface area contributed by atoms with Crippen molar-refractivity contribution in [2.24, 2.45) is 25.9 Å². The van der Waals surface area contributed by atoms with Crippen molar-refractivity contribution >= 4 is 35.4 Å². The van der Waals surface area contributed by atoms with Crippen molar-refractivity contribution in [1.29, 1.82) is 0 Å². The Bertz CT molecular complexity index is 1500. The monoisotopic (exact) mass is 514 g/mol. The fourth-order valence-electron chi connectivity index (χ4n) is 3.64. The van der Waals surface area contributed by atoms with Crippen LogP contribution in [0.25, 0.3) is 5.69 Å². The molecular formula is C28H27FN6OS. The van der Waals surface area contributed by atoms with E-state index in [9.17, 15) is 4.53 Å². The van der Waals surface area contributed by atoms with E-state index in [0.717, 1.165) is 27.3 Å². The molecule has 3 aromatic carbocycles. The minimum atomic E-state index is 0.111. The molecule has 0 aliphatic rings. The van der Waals surface area contributed by atoms with E-state index in [2.05, 4.69) is 74.0 Å². The molecule has 4 rings (SSSR count). The normalized spacial score (nSPS) is 12.8. The maximum absolute atomic E-state index is 12.1. The smallest absolute Gasteiger partial charge is 0.215 e. The van der Waals surface area contributed by atoms with Crippen LogP contribution in [0.15, 0.2) is 98.4 Å². The van der Waals surface area contributed by atoms with E-state index in [0.29, 0.717) is 17.4 Å². The number of amidine groups is 1. The van der Waals surface area contributed by atoms with Crippen molar-refractivity contribution in [1.82, 2.24) is 4.57 Å². The molecule has 1 aromatic heterocycles. The molecule has 2 N–H and O–H groups in total. The fraction of sp³-hybridized carbons (Fsp3) is 0.143. The number of rotatable bonds is 8. The van der Waals surface area contributed by atoms with E-state index >= 15 is 0 Å². The average Bonchev–Trinajstić information content (AvgIpc) is 3.29. The van der Waals surface area contributed by atoms with Crippen LogP contribution in [0.2, 0.25) is 0 Å². The summed E-state index contributed by atoms with van der Waals surface area (Å²) in [4.78, 5) is 12.8. The number of aliphatic imine (C=N–C) groups is 2. The van der Waals surface area contributed by atoms with Gasteiger partial charge < -0.3 is 5.73 Å². The van der Waals surface area contributed by atoms with Crippen LogP contribution in [-0.4, -0.2) is 23.0 Å². The van der Waals surface area contributed by atoms with Crippen LogP contribution in [0.3, 0.4) is 0 Å². The van der Waals surface area contributed by atoms with Gasteiger partial charge in [-0.2, -0.15) is 5.10 Å². The zero-order valence-corrected chi connectivity index (χ0v) is 21.6. The van der Waals surface area contributed by atoms with E-state index in [1.165, 1.54) is 24.0 Å².